The van der Waals surface area contributed by atoms with E-state index in [0.29, 0.717) is 11.3 Å². The highest BCUT2D eigenvalue weighted by Crippen LogP contribution is 2.48. The molecule has 2 N–H and O–H groups in total. The average molecular weight is 233 g/mol. The quantitative estimate of drug-likeness (QED) is 0.820. The molecule has 1 aromatic carbocycles. The van der Waals surface area contributed by atoms with Crippen molar-refractivity contribution >= 4 is 0 Å². The molecule has 0 spiro atoms. The van der Waals surface area contributed by atoms with Crippen molar-refractivity contribution in [3.63, 3.8) is 0 Å². The highest BCUT2D eigenvalue weighted by Gasteiger charge is 2.44. The van der Waals surface area contributed by atoms with E-state index in [1.807, 2.05) is 0 Å². The molecule has 0 heterocycles. The second-order valence-electron chi connectivity index (χ2n) is 5.31. The molecule has 17 heavy (non-hydrogen) atoms. The van der Waals surface area contributed by atoms with E-state index in [1.54, 1.807) is 7.11 Å². The molecular formula is C15H23NO. The van der Waals surface area contributed by atoms with E-state index >= 15 is 0 Å². The Hall–Kier alpha value is -0.860. The fourth-order valence-electron chi connectivity index (χ4n) is 2.53. The fourth-order valence-corrected chi connectivity index (χ4v) is 2.53. The largest absolute Gasteiger partial charge is 0.384 e. The number of hydrogen-bond donors (Lipinski definition) is 1. The Labute approximate surface area is 104 Å². The highest BCUT2D eigenvalue weighted by atomic mass is 16.5. The second kappa shape index (κ2) is 5.19. The molecule has 1 aliphatic carbocycles. The van der Waals surface area contributed by atoms with Crippen molar-refractivity contribution in [2.45, 2.75) is 37.5 Å². The molecule has 2 nitrogen and oxygen atoms in total. The van der Waals surface area contributed by atoms with E-state index in [-0.39, 0.29) is 0 Å². The van der Waals surface area contributed by atoms with Crippen LogP contribution in [0.5, 0.6) is 0 Å². The van der Waals surface area contributed by atoms with Gasteiger partial charge in [0.25, 0.3) is 0 Å². The molecular weight excluding hydrogens is 210 g/mol. The molecule has 1 saturated carbocycles. The van der Waals surface area contributed by atoms with Crippen molar-refractivity contribution < 1.29 is 4.74 Å². The third-order valence-electron chi connectivity index (χ3n) is 3.97. The topological polar surface area (TPSA) is 35.2 Å². The van der Waals surface area contributed by atoms with Crippen LogP contribution in [-0.2, 0) is 10.2 Å². The summed E-state index contributed by atoms with van der Waals surface area (Å²) in [6, 6.07) is 9.06. The summed E-state index contributed by atoms with van der Waals surface area (Å²) in [5.41, 5.74) is 8.75. The van der Waals surface area contributed by atoms with Crippen LogP contribution in [0.1, 0.15) is 43.2 Å². The molecule has 1 aliphatic rings. The van der Waals surface area contributed by atoms with Crippen LogP contribution in [0.4, 0.5) is 0 Å². The van der Waals surface area contributed by atoms with Gasteiger partial charge in [0.2, 0.25) is 0 Å². The lowest BCUT2D eigenvalue weighted by molar-refractivity contribution is 0.171. The SMILES string of the molecule is COCC1(c2ccc(C(C)CCN)cc2)CC1. The predicted molar refractivity (Wildman–Crippen MR) is 71.3 cm³/mol. The minimum Gasteiger partial charge on any atom is -0.384 e. The minimum absolute atomic E-state index is 0.324. The fraction of sp³-hybridized carbons (Fsp3) is 0.600. The Morgan fingerprint density at radius 1 is 1.29 bits per heavy atom. The van der Waals surface area contributed by atoms with Crippen LogP contribution in [0, 0.1) is 0 Å². The first-order valence-corrected chi connectivity index (χ1v) is 6.51. The summed E-state index contributed by atoms with van der Waals surface area (Å²) in [5.74, 6) is 0.562. The van der Waals surface area contributed by atoms with Crippen LogP contribution < -0.4 is 5.73 Å². The number of benzene rings is 1. The maximum absolute atomic E-state index is 5.60. The molecule has 0 radical (unpaired) electrons. The lowest BCUT2D eigenvalue weighted by Gasteiger charge is -2.16. The number of hydrogen-bond acceptors (Lipinski definition) is 2. The molecule has 2 heteroatoms. The first kappa shape index (κ1) is 12.6. The molecule has 0 saturated heterocycles. The van der Waals surface area contributed by atoms with Crippen molar-refractivity contribution in [3.8, 4) is 0 Å². The molecule has 1 atom stereocenters. The van der Waals surface area contributed by atoms with E-state index in [0.717, 1.165) is 19.6 Å². The smallest absolute Gasteiger partial charge is 0.0559 e. The Morgan fingerprint density at radius 3 is 2.41 bits per heavy atom. The summed E-state index contributed by atoms with van der Waals surface area (Å²) >= 11 is 0. The zero-order chi connectivity index (χ0) is 12.3. The Bertz CT molecular complexity index is 354. The molecule has 1 fully saturated rings. The van der Waals surface area contributed by atoms with Crippen LogP contribution in [0.3, 0.4) is 0 Å². The summed E-state index contributed by atoms with van der Waals surface area (Å²) < 4.78 is 5.32. The monoisotopic (exact) mass is 233 g/mol. The van der Waals surface area contributed by atoms with Crippen molar-refractivity contribution in [2.75, 3.05) is 20.3 Å². The van der Waals surface area contributed by atoms with E-state index in [1.165, 1.54) is 24.0 Å². The van der Waals surface area contributed by atoms with Gasteiger partial charge in [-0.15, -0.1) is 0 Å². The molecule has 0 amide bonds. The van der Waals surface area contributed by atoms with Crippen LogP contribution in [0.15, 0.2) is 24.3 Å². The average Bonchev–Trinajstić information content (AvgIpc) is 3.11. The summed E-state index contributed by atoms with van der Waals surface area (Å²) in [7, 11) is 1.79. The Kier molecular flexibility index (Phi) is 3.85. The Balaban J connectivity index is 2.08. The number of ether oxygens (including phenoxy) is 1. The van der Waals surface area contributed by atoms with Gasteiger partial charge < -0.3 is 10.5 Å². The van der Waals surface area contributed by atoms with Gasteiger partial charge in [0, 0.05) is 12.5 Å². The van der Waals surface area contributed by atoms with Gasteiger partial charge in [-0.1, -0.05) is 31.2 Å². The van der Waals surface area contributed by atoms with Gasteiger partial charge in [0.15, 0.2) is 0 Å². The summed E-state index contributed by atoms with van der Waals surface area (Å²) in [6.07, 6.45) is 3.58. The van der Waals surface area contributed by atoms with Crippen molar-refractivity contribution in [3.05, 3.63) is 35.4 Å². The summed E-state index contributed by atoms with van der Waals surface area (Å²) in [5, 5.41) is 0. The lowest BCUT2D eigenvalue weighted by Crippen LogP contribution is -2.14. The lowest BCUT2D eigenvalue weighted by atomic mass is 9.92. The van der Waals surface area contributed by atoms with E-state index in [2.05, 4.69) is 31.2 Å². The van der Waals surface area contributed by atoms with Gasteiger partial charge in [0.05, 0.1) is 6.61 Å². The summed E-state index contributed by atoms with van der Waals surface area (Å²) in [6.45, 7) is 3.85. The van der Waals surface area contributed by atoms with Gasteiger partial charge in [-0.05, 0) is 42.9 Å². The molecule has 0 aromatic heterocycles. The maximum Gasteiger partial charge on any atom is 0.0559 e. The normalized spacial score (nSPS) is 19.0. The number of methoxy groups -OCH3 is 1. The molecule has 1 aromatic rings. The molecule has 1 unspecified atom stereocenters. The van der Waals surface area contributed by atoms with E-state index in [4.69, 9.17) is 10.5 Å². The van der Waals surface area contributed by atoms with Crippen molar-refractivity contribution in [1.82, 2.24) is 0 Å². The molecule has 94 valence electrons. The first-order chi connectivity index (χ1) is 8.22. The Morgan fingerprint density at radius 2 is 1.94 bits per heavy atom. The first-order valence-electron chi connectivity index (χ1n) is 6.51. The third-order valence-corrected chi connectivity index (χ3v) is 3.97. The zero-order valence-corrected chi connectivity index (χ0v) is 10.9. The minimum atomic E-state index is 0.324. The van der Waals surface area contributed by atoms with Crippen LogP contribution in [-0.4, -0.2) is 20.3 Å². The van der Waals surface area contributed by atoms with Crippen LogP contribution in [0.25, 0.3) is 0 Å². The predicted octanol–water partition coefficient (Wildman–Crippen LogP) is 2.82. The molecule has 0 aliphatic heterocycles. The summed E-state index contributed by atoms with van der Waals surface area (Å²) in [4.78, 5) is 0. The van der Waals surface area contributed by atoms with Gasteiger partial charge in [-0.2, -0.15) is 0 Å². The van der Waals surface area contributed by atoms with Gasteiger partial charge in [-0.25, -0.2) is 0 Å². The van der Waals surface area contributed by atoms with Gasteiger partial charge >= 0.3 is 0 Å². The van der Waals surface area contributed by atoms with Crippen molar-refractivity contribution in [2.24, 2.45) is 5.73 Å². The van der Waals surface area contributed by atoms with E-state index in [9.17, 15) is 0 Å². The zero-order valence-electron chi connectivity index (χ0n) is 10.9. The van der Waals surface area contributed by atoms with Gasteiger partial charge in [0.1, 0.15) is 0 Å². The van der Waals surface area contributed by atoms with Gasteiger partial charge in [-0.3, -0.25) is 0 Å². The van der Waals surface area contributed by atoms with Crippen LogP contribution >= 0.6 is 0 Å². The second-order valence-corrected chi connectivity index (χ2v) is 5.31. The van der Waals surface area contributed by atoms with E-state index < -0.39 is 0 Å². The van der Waals surface area contributed by atoms with Crippen molar-refractivity contribution in [1.29, 1.82) is 0 Å². The highest BCUT2D eigenvalue weighted by molar-refractivity contribution is 5.34. The standard InChI is InChI=1S/C15H23NO/c1-12(7-10-16)13-3-5-14(6-4-13)15(8-9-15)11-17-2/h3-6,12H,7-11,16H2,1-2H3. The molecule has 2 rings (SSSR count). The number of nitrogens with two attached hydrogens (primary N) is 1. The van der Waals surface area contributed by atoms with Crippen LogP contribution in [0.2, 0.25) is 0 Å². The maximum atomic E-state index is 5.60. The number of rotatable bonds is 6. The molecule has 0 bridgehead atoms. The third kappa shape index (κ3) is 2.70.